The van der Waals surface area contributed by atoms with Gasteiger partial charge in [0.2, 0.25) is 0 Å². The van der Waals surface area contributed by atoms with Gasteiger partial charge in [-0.1, -0.05) is 17.7 Å². The van der Waals surface area contributed by atoms with E-state index in [-0.39, 0.29) is 5.91 Å². The lowest BCUT2D eigenvalue weighted by Crippen LogP contribution is -2.48. The number of pyridine rings is 1. The Morgan fingerprint density at radius 1 is 1.14 bits per heavy atom. The van der Waals surface area contributed by atoms with E-state index in [0.717, 1.165) is 23.8 Å². The third-order valence-electron chi connectivity index (χ3n) is 3.77. The molecule has 1 amide bonds. The highest BCUT2D eigenvalue weighted by atomic mass is 35.5. The van der Waals surface area contributed by atoms with Crippen LogP contribution >= 0.6 is 11.6 Å². The van der Waals surface area contributed by atoms with Gasteiger partial charge in [0.15, 0.2) is 0 Å². The smallest absolute Gasteiger partial charge is 0.254 e. The molecule has 0 bridgehead atoms. The van der Waals surface area contributed by atoms with Crippen LogP contribution in [0.25, 0.3) is 0 Å². The summed E-state index contributed by atoms with van der Waals surface area (Å²) in [5.74, 6) is 0.364. The van der Waals surface area contributed by atoms with Gasteiger partial charge >= 0.3 is 0 Å². The molecule has 1 aliphatic rings. The number of rotatable bonds is 2. The monoisotopic (exact) mass is 316 g/mol. The highest BCUT2D eigenvalue weighted by molar-refractivity contribution is 6.30. The number of anilines is 2. The van der Waals surface area contributed by atoms with Gasteiger partial charge in [-0.15, -0.1) is 0 Å². The Hall–Kier alpha value is -2.27. The minimum Gasteiger partial charge on any atom is -0.384 e. The number of nitrogens with zero attached hydrogens (tertiary/aromatic N) is 3. The number of hydrogen-bond donors (Lipinski definition) is 1. The number of carbonyl (C=O) groups excluding carboxylic acids is 1. The second-order valence-electron chi connectivity index (χ2n) is 5.23. The molecule has 2 heterocycles. The lowest BCUT2D eigenvalue weighted by Gasteiger charge is -2.36. The molecule has 2 aromatic rings. The van der Waals surface area contributed by atoms with Crippen LogP contribution in [0.1, 0.15) is 10.4 Å². The summed E-state index contributed by atoms with van der Waals surface area (Å²) >= 11 is 6.03. The summed E-state index contributed by atoms with van der Waals surface area (Å²) < 4.78 is 0. The van der Waals surface area contributed by atoms with Crippen LogP contribution in [0.15, 0.2) is 42.6 Å². The number of nitrogens with two attached hydrogens (primary N) is 1. The molecule has 1 fully saturated rings. The van der Waals surface area contributed by atoms with Gasteiger partial charge in [0.05, 0.1) is 0 Å². The van der Waals surface area contributed by atoms with Crippen molar-refractivity contribution in [2.24, 2.45) is 0 Å². The van der Waals surface area contributed by atoms with Gasteiger partial charge in [0.25, 0.3) is 5.91 Å². The first-order chi connectivity index (χ1) is 10.6. The SMILES string of the molecule is Nc1cc(C(=O)N2CCN(c3cccc(Cl)c3)CC2)ccn1. The molecule has 114 valence electrons. The minimum absolute atomic E-state index is 0.000144. The largest absolute Gasteiger partial charge is 0.384 e. The molecule has 1 saturated heterocycles. The van der Waals surface area contributed by atoms with Crippen LogP contribution in [0.2, 0.25) is 5.02 Å². The van der Waals surface area contributed by atoms with E-state index in [2.05, 4.69) is 9.88 Å². The van der Waals surface area contributed by atoms with Gasteiger partial charge < -0.3 is 15.5 Å². The Labute approximate surface area is 134 Å². The van der Waals surface area contributed by atoms with Crippen LogP contribution in [-0.2, 0) is 0 Å². The van der Waals surface area contributed by atoms with Crippen LogP contribution in [0.4, 0.5) is 11.5 Å². The molecule has 6 heteroatoms. The first-order valence-electron chi connectivity index (χ1n) is 7.15. The topological polar surface area (TPSA) is 62.5 Å². The molecule has 0 spiro atoms. The van der Waals surface area contributed by atoms with Crippen molar-refractivity contribution >= 4 is 29.0 Å². The molecule has 1 aromatic heterocycles. The number of hydrogen-bond acceptors (Lipinski definition) is 4. The summed E-state index contributed by atoms with van der Waals surface area (Å²) in [6, 6.07) is 11.1. The minimum atomic E-state index is -0.000144. The van der Waals surface area contributed by atoms with Crippen LogP contribution in [-0.4, -0.2) is 42.0 Å². The summed E-state index contributed by atoms with van der Waals surface area (Å²) in [7, 11) is 0. The number of halogens is 1. The molecule has 2 N–H and O–H groups in total. The second-order valence-corrected chi connectivity index (χ2v) is 5.66. The van der Waals surface area contributed by atoms with E-state index in [1.54, 1.807) is 18.3 Å². The Balaban J connectivity index is 1.65. The normalized spacial score (nSPS) is 15.0. The number of benzene rings is 1. The molecule has 3 rings (SSSR count). The number of amides is 1. The first-order valence-corrected chi connectivity index (χ1v) is 7.52. The molecular formula is C16H17ClN4O. The average molecular weight is 317 g/mol. The molecular weight excluding hydrogens is 300 g/mol. The van der Waals surface area contributed by atoms with Crippen molar-refractivity contribution in [1.82, 2.24) is 9.88 Å². The molecule has 1 aromatic carbocycles. The van der Waals surface area contributed by atoms with Crippen molar-refractivity contribution in [3.63, 3.8) is 0 Å². The predicted octanol–water partition coefficient (Wildman–Crippen LogP) is 2.28. The van der Waals surface area contributed by atoms with Crippen LogP contribution in [0, 0.1) is 0 Å². The van der Waals surface area contributed by atoms with Gasteiger partial charge in [-0.25, -0.2) is 4.98 Å². The summed E-state index contributed by atoms with van der Waals surface area (Å²) in [5.41, 5.74) is 7.31. The number of piperazine rings is 1. The standard InChI is InChI=1S/C16H17ClN4O/c17-13-2-1-3-14(11-13)20-6-8-21(9-7-20)16(22)12-4-5-19-15(18)10-12/h1-5,10-11H,6-9H2,(H2,18,19). The maximum absolute atomic E-state index is 12.5. The highest BCUT2D eigenvalue weighted by Crippen LogP contribution is 2.21. The summed E-state index contributed by atoms with van der Waals surface area (Å²) in [4.78, 5) is 20.4. The van der Waals surface area contributed by atoms with E-state index >= 15 is 0 Å². The van der Waals surface area contributed by atoms with Crippen molar-refractivity contribution in [2.45, 2.75) is 0 Å². The van der Waals surface area contributed by atoms with Crippen molar-refractivity contribution in [3.8, 4) is 0 Å². The van der Waals surface area contributed by atoms with Crippen molar-refractivity contribution in [2.75, 3.05) is 36.8 Å². The first kappa shape index (κ1) is 14.7. The average Bonchev–Trinajstić information content (AvgIpc) is 2.54. The summed E-state index contributed by atoms with van der Waals surface area (Å²) in [6.07, 6.45) is 1.56. The van der Waals surface area contributed by atoms with E-state index in [0.29, 0.717) is 24.5 Å². The van der Waals surface area contributed by atoms with Gasteiger partial charge in [0, 0.05) is 48.6 Å². The molecule has 0 saturated carbocycles. The molecule has 0 radical (unpaired) electrons. The highest BCUT2D eigenvalue weighted by Gasteiger charge is 2.22. The zero-order valence-corrected chi connectivity index (χ0v) is 12.8. The van der Waals surface area contributed by atoms with E-state index < -0.39 is 0 Å². The van der Waals surface area contributed by atoms with Crippen molar-refractivity contribution in [1.29, 1.82) is 0 Å². The van der Waals surface area contributed by atoms with Crippen molar-refractivity contribution < 1.29 is 4.79 Å². The van der Waals surface area contributed by atoms with Gasteiger partial charge in [0.1, 0.15) is 5.82 Å². The van der Waals surface area contributed by atoms with E-state index in [4.69, 9.17) is 17.3 Å². The van der Waals surface area contributed by atoms with E-state index in [1.165, 1.54) is 0 Å². The lowest BCUT2D eigenvalue weighted by molar-refractivity contribution is 0.0746. The van der Waals surface area contributed by atoms with Gasteiger partial charge in [-0.2, -0.15) is 0 Å². The third-order valence-corrected chi connectivity index (χ3v) is 4.00. The molecule has 5 nitrogen and oxygen atoms in total. The second kappa shape index (κ2) is 6.23. The third kappa shape index (κ3) is 3.14. The Morgan fingerprint density at radius 2 is 1.91 bits per heavy atom. The number of aromatic nitrogens is 1. The number of nitrogen functional groups attached to an aromatic ring is 1. The Kier molecular flexibility index (Phi) is 4.15. The van der Waals surface area contributed by atoms with Crippen LogP contribution < -0.4 is 10.6 Å². The quantitative estimate of drug-likeness (QED) is 0.923. The lowest BCUT2D eigenvalue weighted by atomic mass is 10.2. The van der Waals surface area contributed by atoms with Crippen LogP contribution in [0.3, 0.4) is 0 Å². The van der Waals surface area contributed by atoms with Crippen molar-refractivity contribution in [3.05, 3.63) is 53.2 Å². The maximum atomic E-state index is 12.5. The fourth-order valence-corrected chi connectivity index (χ4v) is 2.79. The molecule has 1 aliphatic heterocycles. The van der Waals surface area contributed by atoms with Gasteiger partial charge in [-0.05, 0) is 30.3 Å². The number of carbonyl (C=O) groups is 1. The predicted molar refractivity (Wildman–Crippen MR) is 88.2 cm³/mol. The van der Waals surface area contributed by atoms with Crippen LogP contribution in [0.5, 0.6) is 0 Å². The Bertz CT molecular complexity index is 683. The van der Waals surface area contributed by atoms with E-state index in [1.807, 2.05) is 29.2 Å². The molecule has 22 heavy (non-hydrogen) atoms. The zero-order chi connectivity index (χ0) is 15.5. The fourth-order valence-electron chi connectivity index (χ4n) is 2.60. The maximum Gasteiger partial charge on any atom is 0.254 e. The molecule has 0 atom stereocenters. The van der Waals surface area contributed by atoms with E-state index in [9.17, 15) is 4.79 Å². The summed E-state index contributed by atoms with van der Waals surface area (Å²) in [6.45, 7) is 2.92. The Morgan fingerprint density at radius 3 is 2.59 bits per heavy atom. The fraction of sp³-hybridized carbons (Fsp3) is 0.250. The molecule has 0 aliphatic carbocycles. The summed E-state index contributed by atoms with van der Waals surface area (Å²) in [5, 5.41) is 0.725. The zero-order valence-electron chi connectivity index (χ0n) is 12.1. The molecule has 0 unspecified atom stereocenters. The van der Waals surface area contributed by atoms with Gasteiger partial charge in [-0.3, -0.25) is 4.79 Å².